The van der Waals surface area contributed by atoms with Crippen molar-refractivity contribution >= 4 is 11.8 Å². The molecular weight excluding hydrogens is 402 g/mol. The lowest BCUT2D eigenvalue weighted by Crippen LogP contribution is -2.44. The molecule has 0 amide bonds. The lowest BCUT2D eigenvalue weighted by atomic mass is 9.81. The van der Waals surface area contributed by atoms with E-state index in [-0.39, 0.29) is 24.3 Å². The summed E-state index contributed by atoms with van der Waals surface area (Å²) in [5.41, 5.74) is 2.29. The molecule has 1 aliphatic rings. The fourth-order valence-corrected chi connectivity index (χ4v) is 3.73. The molecule has 1 fully saturated rings. The van der Waals surface area contributed by atoms with Gasteiger partial charge in [0.15, 0.2) is 5.78 Å². The highest BCUT2D eigenvalue weighted by molar-refractivity contribution is 5.98. The van der Waals surface area contributed by atoms with Gasteiger partial charge >= 0.3 is 5.97 Å². The zero-order valence-electron chi connectivity index (χ0n) is 17.9. The van der Waals surface area contributed by atoms with Crippen LogP contribution in [0.5, 0.6) is 5.75 Å². The predicted molar refractivity (Wildman–Crippen MR) is 123 cm³/mol. The first-order chi connectivity index (χ1) is 15.7. The Labute approximate surface area is 188 Å². The molecule has 0 spiro atoms. The van der Waals surface area contributed by atoms with Crippen LogP contribution in [0.3, 0.4) is 0 Å². The number of esters is 1. The molecule has 32 heavy (non-hydrogen) atoms. The summed E-state index contributed by atoms with van der Waals surface area (Å²) in [5, 5.41) is 3.31. The van der Waals surface area contributed by atoms with Crippen molar-refractivity contribution in [3.63, 3.8) is 0 Å². The molecule has 1 aliphatic carbocycles. The normalized spacial score (nSPS) is 17.2. The Bertz CT molecular complexity index is 1030. The molecule has 0 radical (unpaired) electrons. The fraction of sp³-hybridized carbons (Fsp3) is 0.259. The molecule has 0 unspecified atom stereocenters. The number of ketones is 1. The molecule has 0 saturated heterocycles. The zero-order valence-corrected chi connectivity index (χ0v) is 17.9. The SMILES string of the molecule is O=C(CNC1CC(COC(=O)c2ccccc2)C1)c1cccc(OCc2ccccc2)c1. The number of carbonyl (C=O) groups is 2. The van der Waals surface area contributed by atoms with Crippen LogP contribution in [0.15, 0.2) is 84.9 Å². The van der Waals surface area contributed by atoms with Crippen LogP contribution in [-0.4, -0.2) is 30.9 Å². The van der Waals surface area contributed by atoms with E-state index in [1.807, 2.05) is 66.7 Å². The van der Waals surface area contributed by atoms with E-state index in [2.05, 4.69) is 5.32 Å². The van der Waals surface area contributed by atoms with Gasteiger partial charge in [-0.3, -0.25) is 4.79 Å². The number of benzene rings is 3. The summed E-state index contributed by atoms with van der Waals surface area (Å²) < 4.78 is 11.2. The summed E-state index contributed by atoms with van der Waals surface area (Å²) in [6.07, 6.45) is 1.80. The van der Waals surface area contributed by atoms with Crippen LogP contribution in [0.1, 0.15) is 39.1 Å². The second-order valence-electron chi connectivity index (χ2n) is 8.11. The highest BCUT2D eigenvalue weighted by Gasteiger charge is 2.30. The summed E-state index contributed by atoms with van der Waals surface area (Å²) in [6, 6.07) is 26.5. The summed E-state index contributed by atoms with van der Waals surface area (Å²) in [6.45, 7) is 1.17. The molecule has 0 atom stereocenters. The maximum Gasteiger partial charge on any atom is 0.338 e. The third-order valence-corrected chi connectivity index (χ3v) is 5.65. The van der Waals surface area contributed by atoms with Crippen molar-refractivity contribution < 1.29 is 19.1 Å². The van der Waals surface area contributed by atoms with Gasteiger partial charge in [0.05, 0.1) is 18.7 Å². The first kappa shape index (κ1) is 21.8. The van der Waals surface area contributed by atoms with Crippen LogP contribution in [0, 0.1) is 5.92 Å². The van der Waals surface area contributed by atoms with Crippen molar-refractivity contribution in [2.75, 3.05) is 13.2 Å². The minimum Gasteiger partial charge on any atom is -0.489 e. The van der Waals surface area contributed by atoms with E-state index in [1.54, 1.807) is 18.2 Å². The van der Waals surface area contributed by atoms with Gasteiger partial charge in [-0.1, -0.05) is 60.7 Å². The van der Waals surface area contributed by atoms with E-state index in [0.29, 0.717) is 36.0 Å². The van der Waals surface area contributed by atoms with E-state index >= 15 is 0 Å². The van der Waals surface area contributed by atoms with Gasteiger partial charge in [0.2, 0.25) is 0 Å². The first-order valence-electron chi connectivity index (χ1n) is 10.9. The van der Waals surface area contributed by atoms with Gasteiger partial charge in [0.1, 0.15) is 12.4 Å². The van der Waals surface area contributed by atoms with Gasteiger partial charge in [-0.2, -0.15) is 0 Å². The molecule has 3 aromatic carbocycles. The third-order valence-electron chi connectivity index (χ3n) is 5.65. The standard InChI is InChI=1S/C27H27NO4/c29-26(23-12-7-13-25(16-23)31-18-20-8-3-1-4-9-20)17-28-24-14-21(15-24)19-32-27(30)22-10-5-2-6-11-22/h1-13,16,21,24,28H,14-15,17-19H2. The van der Waals surface area contributed by atoms with Gasteiger partial charge < -0.3 is 14.8 Å². The quantitative estimate of drug-likeness (QED) is 0.375. The topological polar surface area (TPSA) is 64.6 Å². The second-order valence-corrected chi connectivity index (χ2v) is 8.11. The number of Topliss-reactive ketones (excluding diaryl/α,β-unsaturated/α-hetero) is 1. The van der Waals surface area contributed by atoms with Crippen LogP contribution in [-0.2, 0) is 11.3 Å². The molecule has 1 saturated carbocycles. The Kier molecular flexibility index (Phi) is 7.31. The molecule has 0 bridgehead atoms. The van der Waals surface area contributed by atoms with E-state index < -0.39 is 0 Å². The number of hydrogen-bond donors (Lipinski definition) is 1. The van der Waals surface area contributed by atoms with Crippen LogP contribution in [0.2, 0.25) is 0 Å². The summed E-state index contributed by atoms with van der Waals surface area (Å²) in [7, 11) is 0. The summed E-state index contributed by atoms with van der Waals surface area (Å²) >= 11 is 0. The first-order valence-corrected chi connectivity index (χ1v) is 10.9. The van der Waals surface area contributed by atoms with Gasteiger partial charge in [0, 0.05) is 11.6 Å². The van der Waals surface area contributed by atoms with E-state index in [0.717, 1.165) is 18.4 Å². The van der Waals surface area contributed by atoms with Gasteiger partial charge in [0.25, 0.3) is 0 Å². The van der Waals surface area contributed by atoms with E-state index in [1.165, 1.54) is 0 Å². The molecule has 3 aromatic rings. The highest BCUT2D eigenvalue weighted by atomic mass is 16.5. The lowest BCUT2D eigenvalue weighted by Gasteiger charge is -2.35. The van der Waals surface area contributed by atoms with E-state index in [9.17, 15) is 9.59 Å². The summed E-state index contributed by atoms with van der Waals surface area (Å²) in [5.74, 6) is 0.772. The molecule has 1 N–H and O–H groups in total. The van der Waals surface area contributed by atoms with Crippen molar-refractivity contribution in [2.45, 2.75) is 25.5 Å². The average molecular weight is 430 g/mol. The molecule has 5 heteroatoms. The van der Waals surface area contributed by atoms with Crippen molar-refractivity contribution in [3.8, 4) is 5.75 Å². The Morgan fingerprint density at radius 3 is 2.28 bits per heavy atom. The maximum absolute atomic E-state index is 12.6. The zero-order chi connectivity index (χ0) is 22.2. The van der Waals surface area contributed by atoms with Crippen LogP contribution >= 0.6 is 0 Å². The monoisotopic (exact) mass is 429 g/mol. The van der Waals surface area contributed by atoms with Crippen molar-refractivity contribution in [1.29, 1.82) is 0 Å². The number of carbonyl (C=O) groups excluding carboxylic acids is 2. The largest absolute Gasteiger partial charge is 0.489 e. The van der Waals surface area contributed by atoms with Gasteiger partial charge in [-0.15, -0.1) is 0 Å². The molecule has 0 heterocycles. The minimum atomic E-state index is -0.286. The average Bonchev–Trinajstić information content (AvgIpc) is 2.82. The number of ether oxygens (including phenoxy) is 2. The molecule has 5 nitrogen and oxygen atoms in total. The second kappa shape index (κ2) is 10.7. The molecule has 4 rings (SSSR count). The lowest BCUT2D eigenvalue weighted by molar-refractivity contribution is 0.0328. The Balaban J connectivity index is 1.16. The third kappa shape index (κ3) is 6.05. The smallest absolute Gasteiger partial charge is 0.338 e. The number of rotatable bonds is 10. The van der Waals surface area contributed by atoms with Crippen molar-refractivity contribution in [2.24, 2.45) is 5.92 Å². The fourth-order valence-electron chi connectivity index (χ4n) is 3.73. The van der Waals surface area contributed by atoms with Crippen LogP contribution in [0.4, 0.5) is 0 Å². The van der Waals surface area contributed by atoms with Crippen LogP contribution in [0.25, 0.3) is 0 Å². The van der Waals surface area contributed by atoms with Gasteiger partial charge in [-0.25, -0.2) is 4.79 Å². The predicted octanol–water partition coefficient (Wildman–Crippen LogP) is 4.67. The highest BCUT2D eigenvalue weighted by Crippen LogP contribution is 2.28. The number of hydrogen-bond acceptors (Lipinski definition) is 5. The Hall–Kier alpha value is -3.44. The molecule has 0 aliphatic heterocycles. The van der Waals surface area contributed by atoms with Crippen molar-refractivity contribution in [1.82, 2.24) is 5.32 Å². The maximum atomic E-state index is 12.6. The Morgan fingerprint density at radius 2 is 1.53 bits per heavy atom. The van der Waals surface area contributed by atoms with Crippen molar-refractivity contribution in [3.05, 3.63) is 102 Å². The molecular formula is C27H27NO4. The number of nitrogens with one attached hydrogen (secondary N) is 1. The molecule has 164 valence electrons. The van der Waals surface area contributed by atoms with Gasteiger partial charge in [-0.05, 0) is 48.6 Å². The van der Waals surface area contributed by atoms with Crippen LogP contribution < -0.4 is 10.1 Å². The summed E-state index contributed by atoms with van der Waals surface area (Å²) in [4.78, 5) is 24.6. The Morgan fingerprint density at radius 1 is 0.844 bits per heavy atom. The van der Waals surface area contributed by atoms with E-state index in [4.69, 9.17) is 9.47 Å². The molecule has 0 aromatic heterocycles. The minimum absolute atomic E-state index is 0.0362.